The van der Waals surface area contributed by atoms with E-state index in [-0.39, 0.29) is 24.5 Å². The van der Waals surface area contributed by atoms with Crippen molar-refractivity contribution in [1.29, 1.82) is 0 Å². The Labute approximate surface area is 123 Å². The number of amides is 1. The van der Waals surface area contributed by atoms with E-state index >= 15 is 0 Å². The number of nitrogens with zero attached hydrogens (tertiary/aromatic N) is 1. The highest BCUT2D eigenvalue weighted by molar-refractivity contribution is 5.79. The molecule has 1 saturated carbocycles. The van der Waals surface area contributed by atoms with Crippen molar-refractivity contribution in [3.05, 3.63) is 0 Å². The summed E-state index contributed by atoms with van der Waals surface area (Å²) in [7, 11) is 0. The maximum atomic E-state index is 12.5. The number of carbonyl (C=O) groups excluding carboxylic acids is 1. The summed E-state index contributed by atoms with van der Waals surface area (Å²) in [5.74, 6) is 0.239. The van der Waals surface area contributed by atoms with Gasteiger partial charge in [-0.25, -0.2) is 0 Å². The van der Waals surface area contributed by atoms with Crippen molar-refractivity contribution >= 4 is 5.91 Å². The molecule has 0 bridgehead atoms. The molecule has 0 saturated heterocycles. The minimum atomic E-state index is 0.0179. The molecule has 0 radical (unpaired) electrons. The van der Waals surface area contributed by atoms with E-state index in [2.05, 4.69) is 6.92 Å². The molecule has 4 heteroatoms. The molecular formula is C16H32N2O2. The first-order valence-corrected chi connectivity index (χ1v) is 8.36. The highest BCUT2D eigenvalue weighted by Crippen LogP contribution is 2.26. The summed E-state index contributed by atoms with van der Waals surface area (Å²) in [6, 6.07) is 0.0409. The average Bonchev–Trinajstić information content (AvgIpc) is 2.87. The van der Waals surface area contributed by atoms with Gasteiger partial charge in [-0.2, -0.15) is 0 Å². The smallest absolute Gasteiger partial charge is 0.227 e. The maximum Gasteiger partial charge on any atom is 0.227 e. The highest BCUT2D eigenvalue weighted by atomic mass is 16.3. The van der Waals surface area contributed by atoms with Gasteiger partial charge in [-0.15, -0.1) is 0 Å². The van der Waals surface area contributed by atoms with E-state index in [1.54, 1.807) is 0 Å². The van der Waals surface area contributed by atoms with Gasteiger partial charge in [-0.1, -0.05) is 39.0 Å². The second-order valence-corrected chi connectivity index (χ2v) is 6.02. The standard InChI is InChI=1S/C16H32N2O2/c1-2-3-4-5-6-11-18(12-8-13-19)16(20)14-9-7-10-15(14)17/h14-15,19H,2-13,17H2,1H3. The van der Waals surface area contributed by atoms with Gasteiger partial charge in [0.05, 0.1) is 5.92 Å². The third-order valence-electron chi connectivity index (χ3n) is 4.32. The van der Waals surface area contributed by atoms with Crippen LogP contribution in [0.2, 0.25) is 0 Å². The molecule has 2 unspecified atom stereocenters. The van der Waals surface area contributed by atoms with Crippen molar-refractivity contribution < 1.29 is 9.90 Å². The van der Waals surface area contributed by atoms with E-state index in [0.717, 1.165) is 32.2 Å². The van der Waals surface area contributed by atoms with Crippen molar-refractivity contribution in [2.45, 2.75) is 70.8 Å². The van der Waals surface area contributed by atoms with Crippen molar-refractivity contribution in [2.24, 2.45) is 11.7 Å². The summed E-state index contributed by atoms with van der Waals surface area (Å²) in [5, 5.41) is 8.99. The molecule has 1 rings (SSSR count). The SMILES string of the molecule is CCCCCCCN(CCCO)C(=O)C1CCCC1N. The normalized spacial score (nSPS) is 22.1. The van der Waals surface area contributed by atoms with Gasteiger partial charge in [0.1, 0.15) is 0 Å². The summed E-state index contributed by atoms with van der Waals surface area (Å²) in [4.78, 5) is 14.5. The first-order chi connectivity index (χ1) is 9.70. The lowest BCUT2D eigenvalue weighted by atomic mass is 10.0. The number of hydrogen-bond donors (Lipinski definition) is 2. The summed E-state index contributed by atoms with van der Waals surface area (Å²) in [6.07, 6.45) is 9.67. The Balaban J connectivity index is 2.39. The van der Waals surface area contributed by atoms with Gasteiger partial charge in [-0.3, -0.25) is 4.79 Å². The number of aliphatic hydroxyl groups is 1. The number of nitrogens with two attached hydrogens (primary N) is 1. The van der Waals surface area contributed by atoms with E-state index in [4.69, 9.17) is 10.8 Å². The van der Waals surface area contributed by atoms with E-state index in [1.807, 2.05) is 4.90 Å². The van der Waals surface area contributed by atoms with Crippen LogP contribution in [-0.4, -0.2) is 41.7 Å². The summed E-state index contributed by atoms with van der Waals surface area (Å²) in [6.45, 7) is 3.85. The van der Waals surface area contributed by atoms with Crippen LogP contribution in [0, 0.1) is 5.92 Å². The van der Waals surface area contributed by atoms with Crippen LogP contribution in [0.25, 0.3) is 0 Å². The quantitative estimate of drug-likeness (QED) is 0.605. The van der Waals surface area contributed by atoms with Gasteiger partial charge < -0.3 is 15.7 Å². The molecule has 0 aliphatic heterocycles. The molecule has 20 heavy (non-hydrogen) atoms. The van der Waals surface area contributed by atoms with Crippen LogP contribution in [0.5, 0.6) is 0 Å². The van der Waals surface area contributed by atoms with Crippen LogP contribution in [0.4, 0.5) is 0 Å². The van der Waals surface area contributed by atoms with Crippen LogP contribution >= 0.6 is 0 Å². The molecule has 3 N–H and O–H groups in total. The molecule has 1 aliphatic rings. The van der Waals surface area contributed by atoms with E-state index in [9.17, 15) is 4.79 Å². The number of carbonyl (C=O) groups is 1. The van der Waals surface area contributed by atoms with E-state index in [0.29, 0.717) is 13.0 Å². The Morgan fingerprint density at radius 3 is 2.45 bits per heavy atom. The Morgan fingerprint density at radius 1 is 1.15 bits per heavy atom. The lowest BCUT2D eigenvalue weighted by Gasteiger charge is -2.27. The summed E-state index contributed by atoms with van der Waals surface area (Å²) < 4.78 is 0. The number of hydrogen-bond acceptors (Lipinski definition) is 3. The fraction of sp³-hybridized carbons (Fsp3) is 0.938. The van der Waals surface area contributed by atoms with Gasteiger partial charge in [0.25, 0.3) is 0 Å². The summed E-state index contributed by atoms with van der Waals surface area (Å²) in [5.41, 5.74) is 6.04. The Bertz CT molecular complexity index is 271. The molecule has 1 fully saturated rings. The maximum absolute atomic E-state index is 12.5. The zero-order chi connectivity index (χ0) is 14.8. The minimum absolute atomic E-state index is 0.0179. The molecule has 4 nitrogen and oxygen atoms in total. The molecule has 2 atom stereocenters. The van der Waals surface area contributed by atoms with E-state index in [1.165, 1.54) is 25.7 Å². The van der Waals surface area contributed by atoms with Gasteiger partial charge in [0.2, 0.25) is 5.91 Å². The lowest BCUT2D eigenvalue weighted by molar-refractivity contribution is -0.136. The van der Waals surface area contributed by atoms with E-state index < -0.39 is 0 Å². The molecule has 0 heterocycles. The zero-order valence-electron chi connectivity index (χ0n) is 13.0. The summed E-state index contributed by atoms with van der Waals surface area (Å²) >= 11 is 0. The largest absolute Gasteiger partial charge is 0.396 e. The van der Waals surface area contributed by atoms with Gasteiger partial charge in [0, 0.05) is 25.7 Å². The molecule has 118 valence electrons. The molecule has 1 aliphatic carbocycles. The zero-order valence-corrected chi connectivity index (χ0v) is 13.0. The second-order valence-electron chi connectivity index (χ2n) is 6.02. The Kier molecular flexibility index (Phi) is 8.86. The van der Waals surface area contributed by atoms with Crippen LogP contribution < -0.4 is 5.73 Å². The molecule has 0 spiro atoms. The van der Waals surface area contributed by atoms with Crippen molar-refractivity contribution in [3.8, 4) is 0 Å². The van der Waals surface area contributed by atoms with Gasteiger partial charge in [0.15, 0.2) is 0 Å². The van der Waals surface area contributed by atoms with Crippen LogP contribution in [0.15, 0.2) is 0 Å². The fourth-order valence-corrected chi connectivity index (χ4v) is 3.03. The van der Waals surface area contributed by atoms with Crippen LogP contribution in [-0.2, 0) is 4.79 Å². The Hall–Kier alpha value is -0.610. The Morgan fingerprint density at radius 2 is 1.85 bits per heavy atom. The molecular weight excluding hydrogens is 252 g/mol. The predicted octanol–water partition coefficient (Wildman–Crippen LogP) is 2.30. The number of aliphatic hydroxyl groups excluding tert-OH is 1. The topological polar surface area (TPSA) is 66.6 Å². The predicted molar refractivity (Wildman–Crippen MR) is 82.4 cm³/mol. The van der Waals surface area contributed by atoms with Gasteiger partial charge >= 0.3 is 0 Å². The first-order valence-electron chi connectivity index (χ1n) is 8.36. The van der Waals surface area contributed by atoms with Crippen LogP contribution in [0.3, 0.4) is 0 Å². The number of rotatable bonds is 10. The monoisotopic (exact) mass is 284 g/mol. The van der Waals surface area contributed by atoms with Crippen molar-refractivity contribution in [3.63, 3.8) is 0 Å². The average molecular weight is 284 g/mol. The van der Waals surface area contributed by atoms with Crippen molar-refractivity contribution in [1.82, 2.24) is 4.90 Å². The molecule has 0 aromatic carbocycles. The third-order valence-corrected chi connectivity index (χ3v) is 4.32. The second kappa shape index (κ2) is 10.2. The van der Waals surface area contributed by atoms with Crippen LogP contribution in [0.1, 0.15) is 64.7 Å². The van der Waals surface area contributed by atoms with Gasteiger partial charge in [-0.05, 0) is 25.7 Å². The number of unbranched alkanes of at least 4 members (excludes halogenated alkanes) is 4. The highest BCUT2D eigenvalue weighted by Gasteiger charge is 2.32. The molecule has 0 aromatic heterocycles. The third kappa shape index (κ3) is 5.80. The minimum Gasteiger partial charge on any atom is -0.396 e. The van der Waals surface area contributed by atoms with Crippen molar-refractivity contribution in [2.75, 3.05) is 19.7 Å². The lowest BCUT2D eigenvalue weighted by Crippen LogP contribution is -2.42. The fourth-order valence-electron chi connectivity index (χ4n) is 3.03. The molecule has 1 amide bonds. The molecule has 0 aromatic rings. The first kappa shape index (κ1) is 17.4.